The number of halogens is 1. The van der Waals surface area contributed by atoms with Crippen molar-refractivity contribution in [1.82, 2.24) is 5.43 Å². The number of hydrazone groups is 1. The van der Waals surface area contributed by atoms with E-state index in [-0.39, 0.29) is 12.3 Å². The zero-order valence-corrected chi connectivity index (χ0v) is 16.8. The summed E-state index contributed by atoms with van der Waals surface area (Å²) in [6.45, 7) is 4.55. The third kappa shape index (κ3) is 5.59. The number of amides is 1. The van der Waals surface area contributed by atoms with Crippen LogP contribution in [0.15, 0.2) is 46.0 Å². The Hall–Kier alpha value is -2.34. The lowest BCUT2D eigenvalue weighted by Gasteiger charge is -2.11. The third-order valence-electron chi connectivity index (χ3n) is 3.74. The predicted molar refractivity (Wildman–Crippen MR) is 107 cm³/mol. The van der Waals surface area contributed by atoms with Gasteiger partial charge in [-0.1, -0.05) is 31.2 Å². The summed E-state index contributed by atoms with van der Waals surface area (Å²) in [6, 6.07) is 11.7. The number of rotatable bonds is 8. The van der Waals surface area contributed by atoms with E-state index in [1.54, 1.807) is 19.4 Å². The van der Waals surface area contributed by atoms with Gasteiger partial charge in [0.1, 0.15) is 0 Å². The zero-order valence-electron chi connectivity index (χ0n) is 15.2. The van der Waals surface area contributed by atoms with Crippen LogP contribution in [0.2, 0.25) is 0 Å². The molecule has 2 rings (SSSR count). The minimum Gasteiger partial charge on any atom is -0.493 e. The van der Waals surface area contributed by atoms with Gasteiger partial charge in [0.15, 0.2) is 11.5 Å². The SMILES string of the molecule is CCOc1c(Br)cc(/C=N/NC(=O)Cc2ccc(CC)cc2)cc1OC. The Balaban J connectivity index is 1.98. The van der Waals surface area contributed by atoms with Gasteiger partial charge in [-0.3, -0.25) is 4.79 Å². The Kier molecular flexibility index (Phi) is 7.66. The van der Waals surface area contributed by atoms with Crippen molar-refractivity contribution in [3.05, 3.63) is 57.6 Å². The van der Waals surface area contributed by atoms with Crippen molar-refractivity contribution < 1.29 is 14.3 Å². The summed E-state index contributed by atoms with van der Waals surface area (Å²) in [5.41, 5.74) is 5.54. The Bertz CT molecular complexity index is 773. The molecule has 6 heteroatoms. The smallest absolute Gasteiger partial charge is 0.244 e. The monoisotopic (exact) mass is 418 g/mol. The lowest BCUT2D eigenvalue weighted by Crippen LogP contribution is -2.19. The van der Waals surface area contributed by atoms with Crippen molar-refractivity contribution in [1.29, 1.82) is 0 Å². The van der Waals surface area contributed by atoms with E-state index in [1.807, 2.05) is 37.3 Å². The third-order valence-corrected chi connectivity index (χ3v) is 4.33. The zero-order chi connectivity index (χ0) is 18.9. The predicted octanol–water partition coefficient (Wildman–Crippen LogP) is 4.11. The maximum atomic E-state index is 12.0. The molecule has 0 heterocycles. The molecule has 26 heavy (non-hydrogen) atoms. The lowest BCUT2D eigenvalue weighted by atomic mass is 10.1. The molecule has 0 atom stereocenters. The van der Waals surface area contributed by atoms with Gasteiger partial charge in [0, 0.05) is 0 Å². The fraction of sp³-hybridized carbons (Fsp3) is 0.300. The van der Waals surface area contributed by atoms with Crippen LogP contribution >= 0.6 is 15.9 Å². The molecule has 0 fully saturated rings. The normalized spacial score (nSPS) is 10.8. The summed E-state index contributed by atoms with van der Waals surface area (Å²) < 4.78 is 11.7. The first-order chi connectivity index (χ1) is 12.6. The van der Waals surface area contributed by atoms with Gasteiger partial charge in [0.05, 0.1) is 30.8 Å². The van der Waals surface area contributed by atoms with Crippen molar-refractivity contribution in [2.75, 3.05) is 13.7 Å². The van der Waals surface area contributed by atoms with Gasteiger partial charge >= 0.3 is 0 Å². The van der Waals surface area contributed by atoms with Crippen LogP contribution in [0.25, 0.3) is 0 Å². The minimum atomic E-state index is -0.164. The molecule has 0 aromatic heterocycles. The molecule has 0 unspecified atom stereocenters. The summed E-state index contributed by atoms with van der Waals surface area (Å²) >= 11 is 3.46. The Morgan fingerprint density at radius 1 is 1.19 bits per heavy atom. The maximum Gasteiger partial charge on any atom is 0.244 e. The van der Waals surface area contributed by atoms with E-state index in [0.717, 1.165) is 22.0 Å². The number of methoxy groups -OCH3 is 1. The van der Waals surface area contributed by atoms with Gasteiger partial charge in [-0.2, -0.15) is 5.10 Å². The fourth-order valence-corrected chi connectivity index (χ4v) is 2.97. The van der Waals surface area contributed by atoms with E-state index in [0.29, 0.717) is 18.1 Å². The summed E-state index contributed by atoms with van der Waals surface area (Å²) in [4.78, 5) is 12.0. The van der Waals surface area contributed by atoms with Crippen molar-refractivity contribution in [2.24, 2.45) is 5.10 Å². The summed E-state index contributed by atoms with van der Waals surface area (Å²) in [5.74, 6) is 1.08. The second-order valence-corrected chi connectivity index (χ2v) is 6.46. The molecular formula is C20H23BrN2O3. The summed E-state index contributed by atoms with van der Waals surface area (Å²) in [5, 5.41) is 4.02. The number of hydrogen-bond donors (Lipinski definition) is 1. The Morgan fingerprint density at radius 3 is 2.50 bits per heavy atom. The standard InChI is InChI=1S/C20H23BrN2O3/c1-4-14-6-8-15(9-7-14)12-19(24)23-22-13-16-10-17(21)20(26-5-2)18(11-16)25-3/h6-11,13H,4-5,12H2,1-3H3,(H,23,24)/b22-13+. The topological polar surface area (TPSA) is 59.9 Å². The Morgan fingerprint density at radius 2 is 1.88 bits per heavy atom. The molecule has 0 aliphatic carbocycles. The minimum absolute atomic E-state index is 0.164. The molecule has 0 spiro atoms. The molecule has 2 aromatic carbocycles. The van der Waals surface area contributed by atoms with E-state index in [1.165, 1.54) is 5.56 Å². The van der Waals surface area contributed by atoms with Gasteiger partial charge in [-0.05, 0) is 58.1 Å². The lowest BCUT2D eigenvalue weighted by molar-refractivity contribution is -0.120. The molecule has 2 aromatic rings. The molecule has 0 radical (unpaired) electrons. The number of benzene rings is 2. The highest BCUT2D eigenvalue weighted by Crippen LogP contribution is 2.36. The Labute approximate surface area is 162 Å². The maximum absolute atomic E-state index is 12.0. The number of ether oxygens (including phenoxy) is 2. The first kappa shape index (κ1) is 20.0. The van der Waals surface area contributed by atoms with E-state index in [9.17, 15) is 4.79 Å². The average molecular weight is 419 g/mol. The van der Waals surface area contributed by atoms with Gasteiger partial charge in [0.25, 0.3) is 0 Å². The van der Waals surface area contributed by atoms with E-state index < -0.39 is 0 Å². The number of nitrogens with zero attached hydrogens (tertiary/aromatic N) is 1. The molecule has 0 aliphatic heterocycles. The summed E-state index contributed by atoms with van der Waals surface area (Å²) in [7, 11) is 1.58. The number of aryl methyl sites for hydroxylation is 1. The highest BCUT2D eigenvalue weighted by atomic mass is 79.9. The van der Waals surface area contributed by atoms with Crippen LogP contribution in [0.5, 0.6) is 11.5 Å². The number of carbonyl (C=O) groups excluding carboxylic acids is 1. The average Bonchev–Trinajstić information content (AvgIpc) is 2.64. The van der Waals surface area contributed by atoms with Gasteiger partial charge in [0.2, 0.25) is 5.91 Å². The molecule has 0 aliphatic rings. The quantitative estimate of drug-likeness (QED) is 0.518. The van der Waals surface area contributed by atoms with Gasteiger partial charge in [-0.25, -0.2) is 5.43 Å². The first-order valence-corrected chi connectivity index (χ1v) is 9.26. The van der Waals surface area contributed by atoms with Crippen LogP contribution in [0.4, 0.5) is 0 Å². The highest BCUT2D eigenvalue weighted by Gasteiger charge is 2.10. The van der Waals surface area contributed by atoms with Crippen LogP contribution in [0, 0.1) is 0 Å². The largest absolute Gasteiger partial charge is 0.493 e. The highest BCUT2D eigenvalue weighted by molar-refractivity contribution is 9.10. The van der Waals surface area contributed by atoms with Crippen LogP contribution in [0.1, 0.15) is 30.5 Å². The van der Waals surface area contributed by atoms with Crippen molar-refractivity contribution in [3.8, 4) is 11.5 Å². The summed E-state index contributed by atoms with van der Waals surface area (Å²) in [6.07, 6.45) is 2.84. The van der Waals surface area contributed by atoms with Crippen LogP contribution < -0.4 is 14.9 Å². The van der Waals surface area contributed by atoms with Gasteiger partial charge in [-0.15, -0.1) is 0 Å². The van der Waals surface area contributed by atoms with Crippen LogP contribution in [0.3, 0.4) is 0 Å². The van der Waals surface area contributed by atoms with Crippen molar-refractivity contribution in [2.45, 2.75) is 26.7 Å². The fourth-order valence-electron chi connectivity index (χ4n) is 2.40. The van der Waals surface area contributed by atoms with E-state index >= 15 is 0 Å². The number of hydrogen-bond acceptors (Lipinski definition) is 4. The van der Waals surface area contributed by atoms with E-state index in [4.69, 9.17) is 9.47 Å². The molecule has 0 saturated heterocycles. The number of carbonyl (C=O) groups is 1. The number of nitrogens with one attached hydrogen (secondary N) is 1. The molecule has 1 N–H and O–H groups in total. The van der Waals surface area contributed by atoms with Crippen molar-refractivity contribution >= 4 is 28.1 Å². The van der Waals surface area contributed by atoms with Crippen molar-refractivity contribution in [3.63, 3.8) is 0 Å². The van der Waals surface area contributed by atoms with Gasteiger partial charge < -0.3 is 9.47 Å². The molecule has 1 amide bonds. The molecule has 0 saturated carbocycles. The molecule has 5 nitrogen and oxygen atoms in total. The van der Waals surface area contributed by atoms with E-state index in [2.05, 4.69) is 33.4 Å². The van der Waals surface area contributed by atoms with Crippen LogP contribution in [-0.4, -0.2) is 25.8 Å². The molecular weight excluding hydrogens is 396 g/mol. The second-order valence-electron chi connectivity index (χ2n) is 5.61. The molecule has 0 bridgehead atoms. The molecule has 138 valence electrons. The van der Waals surface area contributed by atoms with Crippen LogP contribution in [-0.2, 0) is 17.6 Å². The first-order valence-electron chi connectivity index (χ1n) is 8.47. The second kappa shape index (κ2) is 9.97.